The number of aliphatic hydroxyl groups excluding tert-OH is 1. The lowest BCUT2D eigenvalue weighted by Gasteiger charge is -2.25. The van der Waals surface area contributed by atoms with Gasteiger partial charge in [-0.05, 0) is 105 Å². The predicted octanol–water partition coefficient (Wildman–Crippen LogP) is 5.95. The van der Waals surface area contributed by atoms with Gasteiger partial charge in [-0.1, -0.05) is 30.3 Å². The minimum atomic E-state index is -0.0827. The van der Waals surface area contributed by atoms with Crippen molar-refractivity contribution in [2.45, 2.75) is 77.4 Å². The number of nitrogens with zero attached hydrogens (tertiary/aromatic N) is 1. The summed E-state index contributed by atoms with van der Waals surface area (Å²) in [5, 5.41) is 9.72. The fourth-order valence-electron chi connectivity index (χ4n) is 4.71. The van der Waals surface area contributed by atoms with Gasteiger partial charge in [-0.3, -0.25) is 4.99 Å². The molecular formula is C25H31NO. The predicted molar refractivity (Wildman–Crippen MR) is 113 cm³/mol. The Kier molecular flexibility index (Phi) is 5.19. The molecule has 1 unspecified atom stereocenters. The summed E-state index contributed by atoms with van der Waals surface area (Å²) in [6, 6.07) is 14.1. The number of hydrogen-bond donors (Lipinski definition) is 1. The van der Waals surface area contributed by atoms with Gasteiger partial charge < -0.3 is 5.11 Å². The van der Waals surface area contributed by atoms with Crippen LogP contribution >= 0.6 is 0 Å². The van der Waals surface area contributed by atoms with E-state index in [1.165, 1.54) is 39.1 Å². The summed E-state index contributed by atoms with van der Waals surface area (Å²) in [6.45, 7) is 6.57. The van der Waals surface area contributed by atoms with E-state index < -0.39 is 0 Å². The minimum absolute atomic E-state index is 0.0827. The van der Waals surface area contributed by atoms with Gasteiger partial charge >= 0.3 is 0 Å². The third-order valence-electron chi connectivity index (χ3n) is 6.61. The first kappa shape index (κ1) is 18.4. The first-order valence-corrected chi connectivity index (χ1v) is 10.4. The van der Waals surface area contributed by atoms with Crippen molar-refractivity contribution in [3.8, 4) is 0 Å². The Morgan fingerprint density at radius 2 is 1.41 bits per heavy atom. The third kappa shape index (κ3) is 3.87. The van der Waals surface area contributed by atoms with Crippen molar-refractivity contribution in [3.05, 3.63) is 69.8 Å². The molecule has 0 bridgehead atoms. The molecule has 1 atom stereocenters. The van der Waals surface area contributed by atoms with Crippen LogP contribution in [0.2, 0.25) is 0 Å². The summed E-state index contributed by atoms with van der Waals surface area (Å²) in [6.07, 6.45) is 6.19. The molecule has 1 saturated carbocycles. The molecule has 2 aromatic rings. The van der Waals surface area contributed by atoms with Gasteiger partial charge in [0, 0.05) is 5.71 Å². The molecule has 0 radical (unpaired) electrons. The van der Waals surface area contributed by atoms with E-state index in [4.69, 9.17) is 4.99 Å². The number of aliphatic hydroxyl groups is 1. The van der Waals surface area contributed by atoms with Gasteiger partial charge in [0.25, 0.3) is 0 Å². The fraction of sp³-hybridized carbons (Fsp3) is 0.480. The van der Waals surface area contributed by atoms with E-state index in [9.17, 15) is 5.11 Å². The summed E-state index contributed by atoms with van der Waals surface area (Å²) < 4.78 is 0. The zero-order chi connectivity index (χ0) is 19.0. The largest absolute Gasteiger partial charge is 0.393 e. The number of hydrogen-bond acceptors (Lipinski definition) is 2. The first-order chi connectivity index (χ1) is 13.0. The van der Waals surface area contributed by atoms with Crippen LogP contribution in [0.3, 0.4) is 0 Å². The highest BCUT2D eigenvalue weighted by Crippen LogP contribution is 2.36. The van der Waals surface area contributed by atoms with Gasteiger partial charge in [0.2, 0.25) is 0 Å². The molecule has 0 saturated heterocycles. The molecular weight excluding hydrogens is 330 g/mol. The summed E-state index contributed by atoms with van der Waals surface area (Å²) in [7, 11) is 0. The zero-order valence-corrected chi connectivity index (χ0v) is 16.8. The number of benzene rings is 2. The molecule has 4 rings (SSSR count). The van der Waals surface area contributed by atoms with Crippen LogP contribution < -0.4 is 0 Å². The van der Waals surface area contributed by atoms with Crippen LogP contribution in [-0.4, -0.2) is 16.9 Å². The van der Waals surface area contributed by atoms with Crippen LogP contribution in [0.4, 0.5) is 0 Å². The molecule has 142 valence electrons. The number of rotatable bonds is 3. The van der Waals surface area contributed by atoms with Gasteiger partial charge in [0.05, 0.1) is 12.1 Å². The lowest BCUT2D eigenvalue weighted by molar-refractivity contribution is 0.122. The second-order valence-electron chi connectivity index (χ2n) is 8.55. The normalized spacial score (nSPS) is 25.5. The van der Waals surface area contributed by atoms with Crippen LogP contribution in [0.5, 0.6) is 0 Å². The molecule has 1 aliphatic carbocycles. The summed E-state index contributed by atoms with van der Waals surface area (Å²) in [4.78, 5) is 5.10. The lowest BCUT2D eigenvalue weighted by atomic mass is 9.82. The van der Waals surface area contributed by atoms with Crippen molar-refractivity contribution in [1.82, 2.24) is 0 Å². The molecule has 0 amide bonds. The molecule has 1 heterocycles. The maximum atomic E-state index is 9.72. The molecule has 2 nitrogen and oxygen atoms in total. The van der Waals surface area contributed by atoms with Crippen molar-refractivity contribution in [1.29, 1.82) is 0 Å². The molecule has 2 aliphatic rings. The monoisotopic (exact) mass is 361 g/mol. The van der Waals surface area contributed by atoms with Crippen LogP contribution in [0, 0.1) is 20.8 Å². The van der Waals surface area contributed by atoms with Crippen LogP contribution in [0.15, 0.2) is 41.4 Å². The summed E-state index contributed by atoms with van der Waals surface area (Å²) >= 11 is 0. The van der Waals surface area contributed by atoms with E-state index in [0.717, 1.165) is 38.5 Å². The van der Waals surface area contributed by atoms with Crippen molar-refractivity contribution in [2.75, 3.05) is 0 Å². The second kappa shape index (κ2) is 7.59. The molecule has 0 spiro atoms. The Labute approximate surface area is 163 Å². The summed E-state index contributed by atoms with van der Waals surface area (Å²) in [5.41, 5.74) is 9.42. The van der Waals surface area contributed by atoms with Crippen molar-refractivity contribution in [3.63, 3.8) is 0 Å². The fourth-order valence-corrected chi connectivity index (χ4v) is 4.71. The van der Waals surface area contributed by atoms with Crippen LogP contribution in [0.1, 0.15) is 83.9 Å². The number of aryl methyl sites for hydroxylation is 3. The topological polar surface area (TPSA) is 32.6 Å². The Balaban J connectivity index is 1.51. The second-order valence-corrected chi connectivity index (χ2v) is 8.55. The highest BCUT2D eigenvalue weighted by Gasteiger charge is 2.23. The van der Waals surface area contributed by atoms with Gasteiger partial charge in [-0.25, -0.2) is 0 Å². The molecule has 2 heteroatoms. The SMILES string of the molecule is Cc1cc(C)c(C2=NC(c3ccc(C4CCC(O)CC4)cc3)CC2)cc1C. The molecule has 2 aromatic carbocycles. The standard InChI is InChI=1S/C25H31NO/c1-16-14-18(3)23(15-17(16)2)25-13-12-24(26-25)21-6-4-19(5-7-21)20-8-10-22(27)11-9-20/h4-7,14-15,20,22,24,27H,8-13H2,1-3H3. The maximum absolute atomic E-state index is 9.72. The van der Waals surface area contributed by atoms with Crippen molar-refractivity contribution >= 4 is 5.71 Å². The zero-order valence-electron chi connectivity index (χ0n) is 16.8. The number of aliphatic imine (C=N–C) groups is 1. The van der Waals surface area contributed by atoms with Gasteiger partial charge in [0.1, 0.15) is 0 Å². The van der Waals surface area contributed by atoms with Crippen LogP contribution in [-0.2, 0) is 0 Å². The van der Waals surface area contributed by atoms with Crippen LogP contribution in [0.25, 0.3) is 0 Å². The molecule has 1 N–H and O–H groups in total. The van der Waals surface area contributed by atoms with Crippen molar-refractivity contribution < 1.29 is 5.11 Å². The Morgan fingerprint density at radius 1 is 0.778 bits per heavy atom. The van der Waals surface area contributed by atoms with E-state index in [2.05, 4.69) is 57.2 Å². The third-order valence-corrected chi connectivity index (χ3v) is 6.61. The van der Waals surface area contributed by atoms with Gasteiger partial charge in [-0.2, -0.15) is 0 Å². The Bertz CT molecular complexity index is 841. The van der Waals surface area contributed by atoms with Gasteiger partial charge in [-0.15, -0.1) is 0 Å². The van der Waals surface area contributed by atoms with E-state index in [-0.39, 0.29) is 6.10 Å². The maximum Gasteiger partial charge on any atom is 0.0756 e. The lowest BCUT2D eigenvalue weighted by Crippen LogP contribution is -2.16. The van der Waals surface area contributed by atoms with E-state index in [0.29, 0.717) is 12.0 Å². The molecule has 27 heavy (non-hydrogen) atoms. The van der Waals surface area contributed by atoms with E-state index in [1.54, 1.807) is 0 Å². The Hall–Kier alpha value is -1.93. The smallest absolute Gasteiger partial charge is 0.0756 e. The highest BCUT2D eigenvalue weighted by molar-refractivity contribution is 6.03. The average molecular weight is 362 g/mol. The van der Waals surface area contributed by atoms with Gasteiger partial charge in [0.15, 0.2) is 0 Å². The quantitative estimate of drug-likeness (QED) is 0.719. The van der Waals surface area contributed by atoms with Crippen molar-refractivity contribution in [2.24, 2.45) is 4.99 Å². The molecule has 1 fully saturated rings. The highest BCUT2D eigenvalue weighted by atomic mass is 16.3. The Morgan fingerprint density at radius 3 is 2.11 bits per heavy atom. The minimum Gasteiger partial charge on any atom is -0.393 e. The van der Waals surface area contributed by atoms with E-state index >= 15 is 0 Å². The van der Waals surface area contributed by atoms with E-state index in [1.807, 2.05) is 0 Å². The molecule has 0 aromatic heterocycles. The first-order valence-electron chi connectivity index (χ1n) is 10.4. The summed E-state index contributed by atoms with van der Waals surface area (Å²) in [5.74, 6) is 0.614. The molecule has 1 aliphatic heterocycles. The average Bonchev–Trinajstić information content (AvgIpc) is 3.15.